The highest BCUT2D eigenvalue weighted by atomic mass is 19.3. The van der Waals surface area contributed by atoms with E-state index in [-0.39, 0.29) is 12.3 Å². The fraction of sp³-hybridized carbons (Fsp3) is 1.00. The van der Waals surface area contributed by atoms with Gasteiger partial charge < -0.3 is 0 Å². The first-order chi connectivity index (χ1) is 4.13. The van der Waals surface area contributed by atoms with Gasteiger partial charge in [-0.3, -0.25) is 0 Å². The second kappa shape index (κ2) is 3.14. The Morgan fingerprint density at radius 3 is 1.67 bits per heavy atom. The normalized spacial score (nSPS) is 29.7. The van der Waals surface area contributed by atoms with Gasteiger partial charge in [-0.25, -0.2) is 8.78 Å². The Labute approximate surface area is 55.3 Å². The van der Waals surface area contributed by atoms with Gasteiger partial charge in [-0.15, -0.1) is 0 Å². The molecular weight excluding hydrogens is 122 g/mol. The summed E-state index contributed by atoms with van der Waals surface area (Å²) >= 11 is 0. The fourth-order valence-corrected chi connectivity index (χ4v) is 0.651. The van der Waals surface area contributed by atoms with Crippen LogP contribution in [0.25, 0.3) is 0 Å². The van der Waals surface area contributed by atoms with Crippen molar-refractivity contribution in [2.24, 2.45) is 5.92 Å². The van der Waals surface area contributed by atoms with Gasteiger partial charge in [-0.1, -0.05) is 20.8 Å². The molecule has 1 aliphatic carbocycles. The van der Waals surface area contributed by atoms with Crippen molar-refractivity contribution < 1.29 is 8.78 Å². The molecule has 9 heavy (non-hydrogen) atoms. The van der Waals surface area contributed by atoms with Gasteiger partial charge in [-0.2, -0.15) is 0 Å². The van der Waals surface area contributed by atoms with Crippen LogP contribution in [0.15, 0.2) is 0 Å². The first-order valence-corrected chi connectivity index (χ1v) is 3.51. The first-order valence-electron chi connectivity index (χ1n) is 3.51. The van der Waals surface area contributed by atoms with E-state index in [1.165, 1.54) is 0 Å². The SMILES string of the molecule is CC.CC1CCC1(F)F. The molecule has 0 aromatic carbocycles. The Hall–Kier alpha value is -0.140. The molecule has 0 spiro atoms. The molecule has 1 saturated carbocycles. The maximum absolute atomic E-state index is 11.9. The van der Waals surface area contributed by atoms with Crippen LogP contribution in [0, 0.1) is 5.92 Å². The molecule has 0 N–H and O–H groups in total. The smallest absolute Gasteiger partial charge is 0.207 e. The summed E-state index contributed by atoms with van der Waals surface area (Å²) < 4.78 is 23.9. The van der Waals surface area contributed by atoms with Gasteiger partial charge in [0.2, 0.25) is 0 Å². The fourth-order valence-electron chi connectivity index (χ4n) is 0.651. The number of alkyl halides is 2. The molecule has 1 aliphatic rings. The van der Waals surface area contributed by atoms with Crippen molar-refractivity contribution in [1.29, 1.82) is 0 Å². The monoisotopic (exact) mass is 136 g/mol. The van der Waals surface area contributed by atoms with E-state index >= 15 is 0 Å². The van der Waals surface area contributed by atoms with E-state index in [1.54, 1.807) is 6.92 Å². The Bertz CT molecular complexity index is 79.0. The van der Waals surface area contributed by atoms with Crippen molar-refractivity contribution in [3.8, 4) is 0 Å². The molecule has 0 aromatic heterocycles. The van der Waals surface area contributed by atoms with Gasteiger partial charge in [-0.05, 0) is 6.42 Å². The van der Waals surface area contributed by atoms with Crippen LogP contribution in [0.5, 0.6) is 0 Å². The molecule has 1 unspecified atom stereocenters. The summed E-state index contributed by atoms with van der Waals surface area (Å²) in [5.41, 5.74) is 0. The Balaban J connectivity index is 0.000000291. The average molecular weight is 136 g/mol. The first kappa shape index (κ1) is 8.86. The lowest BCUT2D eigenvalue weighted by molar-refractivity contribution is -0.124. The van der Waals surface area contributed by atoms with Crippen LogP contribution in [0.1, 0.15) is 33.6 Å². The predicted octanol–water partition coefficient (Wildman–Crippen LogP) is 3.08. The summed E-state index contributed by atoms with van der Waals surface area (Å²) in [6, 6.07) is 0. The topological polar surface area (TPSA) is 0 Å². The molecule has 0 aliphatic heterocycles. The van der Waals surface area contributed by atoms with Crippen LogP contribution in [-0.4, -0.2) is 5.92 Å². The molecule has 2 heteroatoms. The summed E-state index contributed by atoms with van der Waals surface area (Å²) in [6.45, 7) is 5.59. The minimum atomic E-state index is -2.32. The summed E-state index contributed by atoms with van der Waals surface area (Å²) in [7, 11) is 0. The second-order valence-corrected chi connectivity index (χ2v) is 2.20. The zero-order valence-electron chi connectivity index (χ0n) is 6.25. The largest absolute Gasteiger partial charge is 0.250 e. The molecule has 56 valence electrons. The van der Waals surface area contributed by atoms with Crippen LogP contribution in [0.2, 0.25) is 0 Å². The highest BCUT2D eigenvalue weighted by Gasteiger charge is 2.44. The number of halogens is 2. The van der Waals surface area contributed by atoms with E-state index in [9.17, 15) is 8.78 Å². The van der Waals surface area contributed by atoms with Gasteiger partial charge >= 0.3 is 0 Å². The van der Waals surface area contributed by atoms with E-state index in [1.807, 2.05) is 13.8 Å². The number of hydrogen-bond acceptors (Lipinski definition) is 0. The summed E-state index contributed by atoms with van der Waals surface area (Å²) in [6.07, 6.45) is 0.807. The zero-order valence-corrected chi connectivity index (χ0v) is 6.25. The van der Waals surface area contributed by atoms with Crippen molar-refractivity contribution >= 4 is 0 Å². The highest BCUT2D eigenvalue weighted by molar-refractivity contribution is 4.84. The maximum atomic E-state index is 11.9. The number of hydrogen-bond donors (Lipinski definition) is 0. The van der Waals surface area contributed by atoms with Crippen molar-refractivity contribution in [3.63, 3.8) is 0 Å². The molecule has 0 amide bonds. The van der Waals surface area contributed by atoms with Crippen molar-refractivity contribution in [1.82, 2.24) is 0 Å². The van der Waals surface area contributed by atoms with Crippen LogP contribution in [0.3, 0.4) is 0 Å². The quantitative estimate of drug-likeness (QED) is 0.480. The molecule has 0 nitrogen and oxygen atoms in total. The molecule has 0 saturated heterocycles. The van der Waals surface area contributed by atoms with Crippen LogP contribution in [0.4, 0.5) is 8.78 Å². The molecule has 1 rings (SSSR count). The van der Waals surface area contributed by atoms with Gasteiger partial charge in [0.15, 0.2) is 0 Å². The van der Waals surface area contributed by atoms with Crippen LogP contribution < -0.4 is 0 Å². The maximum Gasteiger partial charge on any atom is 0.250 e. The van der Waals surface area contributed by atoms with Crippen LogP contribution >= 0.6 is 0 Å². The molecular formula is C7H14F2. The standard InChI is InChI=1S/C5H8F2.C2H6/c1-4-2-3-5(4,6)7;1-2/h4H,2-3H2,1H3;1-2H3. The summed E-state index contributed by atoms with van der Waals surface area (Å²) in [4.78, 5) is 0. The lowest BCUT2D eigenvalue weighted by Gasteiger charge is -2.32. The molecule has 1 fully saturated rings. The third kappa shape index (κ3) is 1.92. The summed E-state index contributed by atoms with van der Waals surface area (Å²) in [5.74, 6) is -2.67. The number of rotatable bonds is 0. The molecule has 1 atom stereocenters. The van der Waals surface area contributed by atoms with E-state index in [2.05, 4.69) is 0 Å². The van der Waals surface area contributed by atoms with Gasteiger partial charge in [0.25, 0.3) is 5.92 Å². The average Bonchev–Trinajstić information content (AvgIpc) is 1.90. The van der Waals surface area contributed by atoms with Crippen LogP contribution in [-0.2, 0) is 0 Å². The van der Waals surface area contributed by atoms with Gasteiger partial charge in [0, 0.05) is 12.3 Å². The Morgan fingerprint density at radius 1 is 1.33 bits per heavy atom. The lowest BCUT2D eigenvalue weighted by Crippen LogP contribution is -2.36. The lowest BCUT2D eigenvalue weighted by atomic mass is 9.83. The molecule has 0 heterocycles. The Morgan fingerprint density at radius 2 is 1.67 bits per heavy atom. The Kier molecular flexibility index (Phi) is 3.09. The van der Waals surface area contributed by atoms with E-state index in [0.717, 1.165) is 0 Å². The van der Waals surface area contributed by atoms with Gasteiger partial charge in [0.1, 0.15) is 0 Å². The van der Waals surface area contributed by atoms with Crippen molar-refractivity contribution in [2.45, 2.75) is 39.5 Å². The van der Waals surface area contributed by atoms with Crippen molar-refractivity contribution in [2.75, 3.05) is 0 Å². The van der Waals surface area contributed by atoms with Gasteiger partial charge in [0.05, 0.1) is 0 Å². The third-order valence-electron chi connectivity index (χ3n) is 1.63. The molecule has 0 aromatic rings. The summed E-state index contributed by atoms with van der Waals surface area (Å²) in [5, 5.41) is 0. The third-order valence-corrected chi connectivity index (χ3v) is 1.63. The zero-order chi connectivity index (χ0) is 7.49. The van der Waals surface area contributed by atoms with Crippen molar-refractivity contribution in [3.05, 3.63) is 0 Å². The minimum Gasteiger partial charge on any atom is -0.207 e. The van der Waals surface area contributed by atoms with E-state index in [4.69, 9.17) is 0 Å². The highest BCUT2D eigenvalue weighted by Crippen LogP contribution is 2.42. The minimum absolute atomic E-state index is 0.105. The predicted molar refractivity (Wildman–Crippen MR) is 34.7 cm³/mol. The van der Waals surface area contributed by atoms with E-state index < -0.39 is 5.92 Å². The second-order valence-electron chi connectivity index (χ2n) is 2.20. The van der Waals surface area contributed by atoms with E-state index in [0.29, 0.717) is 6.42 Å². The molecule has 0 radical (unpaired) electrons. The molecule has 0 bridgehead atoms.